The van der Waals surface area contributed by atoms with Crippen molar-refractivity contribution in [3.05, 3.63) is 58.7 Å². The molecule has 112 valence electrons. The summed E-state index contributed by atoms with van der Waals surface area (Å²) < 4.78 is 5.39. The Morgan fingerprint density at radius 2 is 2.24 bits per heavy atom. The number of ether oxygens (including phenoxy) is 1. The van der Waals surface area contributed by atoms with Gasteiger partial charge in [-0.2, -0.15) is 0 Å². The Balaban J connectivity index is 2.24. The van der Waals surface area contributed by atoms with Crippen LogP contribution in [-0.2, 0) is 4.79 Å². The fourth-order valence-corrected chi connectivity index (χ4v) is 1.47. The number of allylic oxidation sites excluding steroid dienone is 3. The number of nitrogens with zero attached hydrogens (tertiary/aromatic N) is 1. The normalized spacial score (nSPS) is 10.9. The van der Waals surface area contributed by atoms with Gasteiger partial charge in [-0.25, -0.2) is 0 Å². The second kappa shape index (κ2) is 9.30. The van der Waals surface area contributed by atoms with Crippen molar-refractivity contribution in [1.29, 1.82) is 0 Å². The first-order chi connectivity index (χ1) is 10.1. The molecule has 0 fully saturated rings. The lowest BCUT2D eigenvalue weighted by Crippen LogP contribution is -2.23. The van der Waals surface area contributed by atoms with E-state index in [-0.39, 0.29) is 11.6 Å². The van der Waals surface area contributed by atoms with E-state index in [1.165, 1.54) is 18.2 Å². The first-order valence-corrected chi connectivity index (χ1v) is 6.58. The van der Waals surface area contributed by atoms with E-state index in [1.807, 2.05) is 13.0 Å². The summed E-state index contributed by atoms with van der Waals surface area (Å²) in [5.74, 6) is 0.284. The molecule has 21 heavy (non-hydrogen) atoms. The second-order valence-electron chi connectivity index (χ2n) is 4.13. The van der Waals surface area contributed by atoms with E-state index in [0.717, 1.165) is 0 Å². The van der Waals surface area contributed by atoms with Crippen LogP contribution in [0, 0.1) is 10.1 Å². The van der Waals surface area contributed by atoms with Gasteiger partial charge in [-0.05, 0) is 19.4 Å². The maximum Gasteiger partial charge on any atom is 0.273 e. The van der Waals surface area contributed by atoms with E-state index in [1.54, 1.807) is 24.3 Å². The highest BCUT2D eigenvalue weighted by atomic mass is 16.6. The van der Waals surface area contributed by atoms with E-state index < -0.39 is 4.92 Å². The van der Waals surface area contributed by atoms with Crippen LogP contribution in [0.5, 0.6) is 5.75 Å². The van der Waals surface area contributed by atoms with Crippen LogP contribution in [0.1, 0.15) is 13.3 Å². The lowest BCUT2D eigenvalue weighted by atomic mass is 10.3. The fourth-order valence-electron chi connectivity index (χ4n) is 1.47. The average molecular weight is 290 g/mol. The SMILES string of the molecule is C/C=C/C=C/C(=O)NCCCOc1cccc([N+](=O)[O-])c1. The minimum Gasteiger partial charge on any atom is -0.493 e. The van der Waals surface area contributed by atoms with Gasteiger partial charge in [-0.15, -0.1) is 0 Å². The molecule has 0 aliphatic rings. The molecule has 0 aliphatic carbocycles. The Labute approximate surface area is 123 Å². The van der Waals surface area contributed by atoms with Crippen LogP contribution in [0.15, 0.2) is 48.6 Å². The summed E-state index contributed by atoms with van der Waals surface area (Å²) in [6.07, 6.45) is 7.32. The Hall–Kier alpha value is -2.63. The number of carbonyl (C=O) groups is 1. The van der Waals surface area contributed by atoms with Gasteiger partial charge in [-0.1, -0.05) is 24.3 Å². The van der Waals surface area contributed by atoms with Crippen molar-refractivity contribution < 1.29 is 14.5 Å². The van der Waals surface area contributed by atoms with Crippen LogP contribution in [0.4, 0.5) is 5.69 Å². The number of rotatable bonds is 8. The number of amides is 1. The zero-order valence-corrected chi connectivity index (χ0v) is 11.8. The molecule has 0 spiro atoms. The maximum atomic E-state index is 11.3. The van der Waals surface area contributed by atoms with Gasteiger partial charge in [0.15, 0.2) is 0 Å². The minimum atomic E-state index is -0.468. The number of hydrogen-bond acceptors (Lipinski definition) is 4. The standard InChI is InChI=1S/C15H18N2O4/c1-2-3-4-9-15(18)16-10-6-11-21-14-8-5-7-13(12-14)17(19)20/h2-5,7-9,12H,6,10-11H2,1H3,(H,16,18)/b3-2+,9-4+. The molecule has 0 unspecified atom stereocenters. The molecule has 1 amide bonds. The van der Waals surface area contributed by atoms with Crippen LogP contribution in [0.25, 0.3) is 0 Å². The smallest absolute Gasteiger partial charge is 0.273 e. The van der Waals surface area contributed by atoms with Gasteiger partial charge >= 0.3 is 0 Å². The highest BCUT2D eigenvalue weighted by Crippen LogP contribution is 2.18. The summed E-state index contributed by atoms with van der Waals surface area (Å²) in [5, 5.41) is 13.3. The molecule has 0 aromatic heterocycles. The topological polar surface area (TPSA) is 81.5 Å². The van der Waals surface area contributed by atoms with Gasteiger partial charge in [0.1, 0.15) is 5.75 Å². The van der Waals surface area contributed by atoms with Crippen LogP contribution in [-0.4, -0.2) is 24.0 Å². The van der Waals surface area contributed by atoms with Crippen molar-refractivity contribution in [2.45, 2.75) is 13.3 Å². The number of non-ortho nitro benzene ring substituents is 1. The highest BCUT2D eigenvalue weighted by Gasteiger charge is 2.05. The Morgan fingerprint density at radius 3 is 2.95 bits per heavy atom. The van der Waals surface area contributed by atoms with E-state index in [4.69, 9.17) is 4.74 Å². The molecule has 0 aliphatic heterocycles. The molecule has 0 atom stereocenters. The zero-order chi connectivity index (χ0) is 15.5. The number of carbonyl (C=O) groups excluding carboxylic acids is 1. The molecule has 1 rings (SSSR count). The average Bonchev–Trinajstić information content (AvgIpc) is 2.47. The van der Waals surface area contributed by atoms with Gasteiger partial charge in [-0.3, -0.25) is 14.9 Å². The van der Waals surface area contributed by atoms with Crippen LogP contribution >= 0.6 is 0 Å². The first-order valence-electron chi connectivity index (χ1n) is 6.58. The number of benzene rings is 1. The van der Waals surface area contributed by atoms with Gasteiger partial charge in [0.25, 0.3) is 5.69 Å². The molecule has 0 radical (unpaired) electrons. The van der Waals surface area contributed by atoms with Crippen molar-refractivity contribution in [2.75, 3.05) is 13.2 Å². The van der Waals surface area contributed by atoms with Crippen LogP contribution in [0.3, 0.4) is 0 Å². The van der Waals surface area contributed by atoms with Crippen molar-refractivity contribution in [2.24, 2.45) is 0 Å². The monoisotopic (exact) mass is 290 g/mol. The third-order valence-corrected chi connectivity index (χ3v) is 2.47. The van der Waals surface area contributed by atoms with Gasteiger partial charge in [0, 0.05) is 18.7 Å². The zero-order valence-electron chi connectivity index (χ0n) is 11.8. The fraction of sp³-hybridized carbons (Fsp3) is 0.267. The largest absolute Gasteiger partial charge is 0.493 e. The Morgan fingerprint density at radius 1 is 1.43 bits per heavy atom. The molecule has 0 bridgehead atoms. The van der Waals surface area contributed by atoms with Crippen molar-refractivity contribution >= 4 is 11.6 Å². The lowest BCUT2D eigenvalue weighted by molar-refractivity contribution is -0.384. The first kappa shape index (κ1) is 16.4. The van der Waals surface area contributed by atoms with Crippen LogP contribution < -0.4 is 10.1 Å². The summed E-state index contributed by atoms with van der Waals surface area (Å²) >= 11 is 0. The quantitative estimate of drug-likeness (QED) is 0.262. The number of hydrogen-bond donors (Lipinski definition) is 1. The summed E-state index contributed by atoms with van der Waals surface area (Å²) in [6.45, 7) is 2.72. The predicted molar refractivity (Wildman–Crippen MR) is 80.2 cm³/mol. The molecule has 6 heteroatoms. The molecule has 6 nitrogen and oxygen atoms in total. The molecule has 0 saturated heterocycles. The van der Waals surface area contributed by atoms with Crippen molar-refractivity contribution in [3.8, 4) is 5.75 Å². The molecule has 0 heterocycles. The Bertz CT molecular complexity index is 538. The van der Waals surface area contributed by atoms with Gasteiger partial charge < -0.3 is 10.1 Å². The molecular formula is C15H18N2O4. The third kappa shape index (κ3) is 6.91. The second-order valence-corrected chi connectivity index (χ2v) is 4.13. The van der Waals surface area contributed by atoms with E-state index in [2.05, 4.69) is 5.32 Å². The van der Waals surface area contributed by atoms with E-state index in [0.29, 0.717) is 25.3 Å². The number of nitro groups is 1. The summed E-state index contributed by atoms with van der Waals surface area (Å²) in [5.41, 5.74) is -0.00470. The summed E-state index contributed by atoms with van der Waals surface area (Å²) in [7, 11) is 0. The third-order valence-electron chi connectivity index (χ3n) is 2.47. The number of nitro benzene ring substituents is 1. The predicted octanol–water partition coefficient (Wildman–Crippen LogP) is 2.61. The molecular weight excluding hydrogens is 272 g/mol. The Kier molecular flexibility index (Phi) is 7.28. The van der Waals surface area contributed by atoms with E-state index in [9.17, 15) is 14.9 Å². The summed E-state index contributed by atoms with van der Waals surface area (Å²) in [6, 6.07) is 6.01. The molecule has 1 N–H and O–H groups in total. The highest BCUT2D eigenvalue weighted by molar-refractivity contribution is 5.87. The molecule has 1 aromatic carbocycles. The van der Waals surface area contributed by atoms with Crippen LogP contribution in [0.2, 0.25) is 0 Å². The number of nitrogens with one attached hydrogen (secondary N) is 1. The van der Waals surface area contributed by atoms with Crippen molar-refractivity contribution in [3.63, 3.8) is 0 Å². The van der Waals surface area contributed by atoms with Crippen molar-refractivity contribution in [1.82, 2.24) is 5.32 Å². The van der Waals surface area contributed by atoms with Gasteiger partial charge in [0.2, 0.25) is 5.91 Å². The van der Waals surface area contributed by atoms with E-state index >= 15 is 0 Å². The lowest BCUT2D eigenvalue weighted by Gasteiger charge is -2.06. The van der Waals surface area contributed by atoms with Gasteiger partial charge in [0.05, 0.1) is 17.6 Å². The molecule has 0 saturated carbocycles. The molecule has 1 aromatic rings. The summed E-state index contributed by atoms with van der Waals surface area (Å²) in [4.78, 5) is 21.5. The minimum absolute atomic E-state index is 0.00470. The maximum absolute atomic E-state index is 11.3.